The van der Waals surface area contributed by atoms with Crippen LogP contribution in [0.25, 0.3) is 76.9 Å². The van der Waals surface area contributed by atoms with Crippen molar-refractivity contribution < 1.29 is 8.83 Å². The summed E-state index contributed by atoms with van der Waals surface area (Å²) in [7, 11) is 0. The van der Waals surface area contributed by atoms with Crippen molar-refractivity contribution in [3.63, 3.8) is 0 Å². The summed E-state index contributed by atoms with van der Waals surface area (Å²) in [6.07, 6.45) is 0.181. The van der Waals surface area contributed by atoms with E-state index in [9.17, 15) is 0 Å². The minimum Gasteiger partial charge on any atom is -0.455 e. The number of anilines is 3. The van der Waals surface area contributed by atoms with Gasteiger partial charge in [0, 0.05) is 27.4 Å². The molecule has 1 unspecified atom stereocenters. The fourth-order valence-corrected chi connectivity index (χ4v) is 7.37. The van der Waals surface area contributed by atoms with Crippen molar-refractivity contribution in [1.82, 2.24) is 0 Å². The van der Waals surface area contributed by atoms with Gasteiger partial charge in [-0.15, -0.1) is 0 Å². The average Bonchev–Trinajstić information content (AvgIpc) is 3.78. The van der Waals surface area contributed by atoms with E-state index >= 15 is 0 Å². The first-order valence-corrected chi connectivity index (χ1v) is 15.7. The summed E-state index contributed by atoms with van der Waals surface area (Å²) in [4.78, 5) is 2.37. The predicted molar refractivity (Wildman–Crippen MR) is 191 cm³/mol. The van der Waals surface area contributed by atoms with Gasteiger partial charge in [-0.05, 0) is 89.0 Å². The first-order chi connectivity index (χ1) is 22.7. The van der Waals surface area contributed by atoms with Crippen LogP contribution in [-0.2, 0) is 0 Å². The van der Waals surface area contributed by atoms with E-state index in [-0.39, 0.29) is 6.17 Å². The van der Waals surface area contributed by atoms with Crippen molar-refractivity contribution in [3.05, 3.63) is 140 Å². The molecule has 0 saturated carbocycles. The molecule has 0 saturated heterocycles. The Balaban J connectivity index is 1.10. The van der Waals surface area contributed by atoms with Crippen LogP contribution in [0, 0.1) is 0 Å². The van der Waals surface area contributed by atoms with Gasteiger partial charge in [-0.25, -0.2) is 0 Å². The second-order valence-electron chi connectivity index (χ2n) is 12.2. The zero-order valence-corrected chi connectivity index (χ0v) is 25.1. The molecule has 7 aromatic carbocycles. The summed E-state index contributed by atoms with van der Waals surface area (Å²) in [5.74, 6) is 0. The second-order valence-corrected chi connectivity index (χ2v) is 12.2. The molecule has 1 aliphatic rings. The number of furan rings is 2. The topological polar surface area (TPSA) is 41.5 Å². The van der Waals surface area contributed by atoms with Crippen LogP contribution < -0.4 is 10.2 Å². The van der Waals surface area contributed by atoms with Gasteiger partial charge >= 0.3 is 0 Å². The minimum absolute atomic E-state index is 0.181. The van der Waals surface area contributed by atoms with Gasteiger partial charge in [0.15, 0.2) is 0 Å². The second kappa shape index (κ2) is 9.50. The molecule has 0 amide bonds. The highest BCUT2D eigenvalue weighted by Crippen LogP contribution is 2.45. The van der Waals surface area contributed by atoms with Gasteiger partial charge in [0.25, 0.3) is 0 Å². The quantitative estimate of drug-likeness (QED) is 0.222. The normalized spacial score (nSPS) is 14.5. The van der Waals surface area contributed by atoms with Crippen LogP contribution in [0.4, 0.5) is 17.1 Å². The lowest BCUT2D eigenvalue weighted by Gasteiger charge is -2.24. The van der Waals surface area contributed by atoms with Gasteiger partial charge in [0.05, 0.1) is 16.8 Å². The molecule has 1 N–H and O–H groups in total. The molecule has 218 valence electrons. The molecule has 10 rings (SSSR count). The fourth-order valence-electron chi connectivity index (χ4n) is 7.37. The van der Waals surface area contributed by atoms with Crippen LogP contribution in [0.2, 0.25) is 0 Å². The largest absolute Gasteiger partial charge is 0.455 e. The van der Waals surface area contributed by atoms with Crippen molar-refractivity contribution in [1.29, 1.82) is 0 Å². The van der Waals surface area contributed by atoms with E-state index in [1.165, 1.54) is 39.0 Å². The fraction of sp³-hybridized carbons (Fsp3) is 0.0476. The van der Waals surface area contributed by atoms with E-state index in [2.05, 4.69) is 132 Å². The van der Waals surface area contributed by atoms with Gasteiger partial charge in [-0.2, -0.15) is 0 Å². The molecule has 0 spiro atoms. The van der Waals surface area contributed by atoms with Crippen LogP contribution in [0.3, 0.4) is 0 Å². The highest BCUT2D eigenvalue weighted by molar-refractivity contribution is 6.25. The van der Waals surface area contributed by atoms with Gasteiger partial charge < -0.3 is 19.1 Å². The summed E-state index contributed by atoms with van der Waals surface area (Å²) in [6.45, 7) is 2.20. The molecular weight excluding hydrogens is 564 g/mol. The number of para-hydroxylation sites is 4. The van der Waals surface area contributed by atoms with E-state index < -0.39 is 0 Å². The lowest BCUT2D eigenvalue weighted by Crippen LogP contribution is -2.28. The van der Waals surface area contributed by atoms with Crippen molar-refractivity contribution in [2.45, 2.75) is 13.1 Å². The Labute approximate surface area is 265 Å². The van der Waals surface area contributed by atoms with Crippen LogP contribution >= 0.6 is 0 Å². The van der Waals surface area contributed by atoms with Gasteiger partial charge in [-0.1, -0.05) is 84.9 Å². The molecule has 0 bridgehead atoms. The van der Waals surface area contributed by atoms with Crippen LogP contribution in [0.1, 0.15) is 6.92 Å². The van der Waals surface area contributed by atoms with Crippen molar-refractivity contribution >= 4 is 71.7 Å². The molecule has 3 heterocycles. The molecule has 1 aliphatic heterocycles. The smallest absolute Gasteiger partial charge is 0.147 e. The lowest BCUT2D eigenvalue weighted by atomic mass is 9.95. The van der Waals surface area contributed by atoms with Gasteiger partial charge in [0.1, 0.15) is 28.5 Å². The van der Waals surface area contributed by atoms with Crippen molar-refractivity contribution in [2.24, 2.45) is 0 Å². The first-order valence-electron chi connectivity index (χ1n) is 15.7. The van der Waals surface area contributed by atoms with Crippen LogP contribution in [0.15, 0.2) is 148 Å². The van der Waals surface area contributed by atoms with Gasteiger partial charge in [0.2, 0.25) is 0 Å². The molecule has 9 aromatic rings. The predicted octanol–water partition coefficient (Wildman–Crippen LogP) is 11.9. The maximum Gasteiger partial charge on any atom is 0.147 e. The highest BCUT2D eigenvalue weighted by atomic mass is 16.3. The molecule has 0 aliphatic carbocycles. The first kappa shape index (κ1) is 25.3. The number of nitrogens with one attached hydrogen (secondary N) is 1. The summed E-state index contributed by atoms with van der Waals surface area (Å²) < 4.78 is 13.0. The van der Waals surface area contributed by atoms with E-state index in [1.807, 2.05) is 24.3 Å². The number of nitrogens with zero attached hydrogens (tertiary/aromatic N) is 1. The van der Waals surface area contributed by atoms with Crippen molar-refractivity contribution in [3.8, 4) is 22.3 Å². The van der Waals surface area contributed by atoms with E-state index in [0.29, 0.717) is 0 Å². The number of hydrogen-bond donors (Lipinski definition) is 1. The SMILES string of the molecule is CC1Nc2ccccc2N1c1cccc(-c2ccc3cc(-c4cc5c6ccccc6oc5c5c4oc4ccccc45)ccc3c2)c1. The highest BCUT2D eigenvalue weighted by Gasteiger charge is 2.26. The molecule has 46 heavy (non-hydrogen) atoms. The number of rotatable bonds is 3. The Bertz CT molecular complexity index is 2660. The Morgan fingerprint density at radius 1 is 0.543 bits per heavy atom. The number of hydrogen-bond acceptors (Lipinski definition) is 4. The van der Waals surface area contributed by atoms with Crippen LogP contribution in [-0.4, -0.2) is 6.17 Å². The number of fused-ring (bicyclic) bond motifs is 9. The molecular formula is C42H28N2O2. The third-order valence-corrected chi connectivity index (χ3v) is 9.51. The minimum atomic E-state index is 0.181. The molecule has 1 atom stereocenters. The Morgan fingerprint density at radius 2 is 1.22 bits per heavy atom. The third-order valence-electron chi connectivity index (χ3n) is 9.51. The third kappa shape index (κ3) is 3.67. The van der Waals surface area contributed by atoms with Crippen molar-refractivity contribution in [2.75, 3.05) is 10.2 Å². The summed E-state index contributed by atoms with van der Waals surface area (Å²) in [6, 6.07) is 49.5. The summed E-state index contributed by atoms with van der Waals surface area (Å²) in [5.41, 5.74) is 11.6. The monoisotopic (exact) mass is 592 g/mol. The van der Waals surface area contributed by atoms with E-state index in [4.69, 9.17) is 8.83 Å². The summed E-state index contributed by atoms with van der Waals surface area (Å²) >= 11 is 0. The number of benzene rings is 7. The maximum absolute atomic E-state index is 6.55. The zero-order chi connectivity index (χ0) is 30.4. The molecule has 4 heteroatoms. The maximum atomic E-state index is 6.55. The molecule has 0 radical (unpaired) electrons. The van der Waals surface area contributed by atoms with E-state index in [1.54, 1.807) is 0 Å². The summed E-state index contributed by atoms with van der Waals surface area (Å²) in [5, 5.41) is 10.3. The standard InChI is InChI=1S/C42H28N2O2/c1-25-43-36-13-4-5-14-37(36)44(25)31-10-8-9-26(23-31)27-17-18-29-22-30(20-19-28(29)21-27)34-24-35-32-11-2-6-15-38(32)45-42(35)40-33-12-3-7-16-39(33)46-41(34)40/h2-25,43H,1H3. The van der Waals surface area contributed by atoms with E-state index in [0.717, 1.165) is 55.0 Å². The molecule has 4 nitrogen and oxygen atoms in total. The Kier molecular flexibility index (Phi) is 5.23. The molecule has 0 fully saturated rings. The Morgan fingerprint density at radius 3 is 2.09 bits per heavy atom. The molecule has 2 aromatic heterocycles. The lowest BCUT2D eigenvalue weighted by molar-refractivity contribution is 0.663. The van der Waals surface area contributed by atoms with Crippen LogP contribution in [0.5, 0.6) is 0 Å². The Hall–Kier alpha value is -6.00. The van der Waals surface area contributed by atoms with Gasteiger partial charge in [-0.3, -0.25) is 0 Å². The zero-order valence-electron chi connectivity index (χ0n) is 25.1. The average molecular weight is 593 g/mol.